The maximum atomic E-state index is 13.3. The first-order valence-corrected chi connectivity index (χ1v) is 5.57. The van der Waals surface area contributed by atoms with Crippen LogP contribution in [0.15, 0.2) is 12.1 Å². The summed E-state index contributed by atoms with van der Waals surface area (Å²) in [5, 5.41) is 7.45. The molecule has 0 heterocycles. The third kappa shape index (κ3) is 3.80. The Morgan fingerprint density at radius 2 is 1.76 bits per heavy atom. The van der Waals surface area contributed by atoms with Gasteiger partial charge in [-0.15, -0.1) is 0 Å². The van der Waals surface area contributed by atoms with Crippen LogP contribution in [0.25, 0.3) is 0 Å². The van der Waals surface area contributed by atoms with Crippen LogP contribution >= 0.6 is 0 Å². The number of hydrogen-bond acceptors (Lipinski definition) is 2. The highest BCUT2D eigenvalue weighted by molar-refractivity contribution is 6.02. The fraction of sp³-hybridized carbons (Fsp3) is 0.462. The van der Waals surface area contributed by atoms with Crippen molar-refractivity contribution in [2.75, 3.05) is 5.73 Å². The van der Waals surface area contributed by atoms with E-state index in [0.29, 0.717) is 5.56 Å². The number of alkyl halides is 2. The van der Waals surface area contributed by atoms with E-state index in [1.807, 2.05) is 13.8 Å². The molecule has 17 heavy (non-hydrogen) atoms. The van der Waals surface area contributed by atoms with Crippen LogP contribution in [0.4, 0.5) is 14.5 Å². The van der Waals surface area contributed by atoms with Gasteiger partial charge in [0.25, 0.3) is 5.92 Å². The van der Waals surface area contributed by atoms with E-state index in [2.05, 4.69) is 0 Å². The Labute approximate surface area is 101 Å². The molecule has 3 N–H and O–H groups in total. The lowest BCUT2D eigenvalue weighted by Gasteiger charge is -2.18. The molecule has 0 aliphatic heterocycles. The number of aryl methyl sites for hydroxylation is 1. The lowest BCUT2D eigenvalue weighted by atomic mass is 9.95. The summed E-state index contributed by atoms with van der Waals surface area (Å²) < 4.78 is 26.6. The van der Waals surface area contributed by atoms with Crippen LogP contribution in [0, 0.1) is 12.3 Å². The van der Waals surface area contributed by atoms with Crippen molar-refractivity contribution in [1.82, 2.24) is 0 Å². The van der Waals surface area contributed by atoms with Gasteiger partial charge in [0.1, 0.15) is 0 Å². The quantitative estimate of drug-likeness (QED) is 0.595. The van der Waals surface area contributed by atoms with E-state index < -0.39 is 5.92 Å². The van der Waals surface area contributed by atoms with E-state index >= 15 is 0 Å². The molecule has 1 aromatic rings. The van der Waals surface area contributed by atoms with Crippen molar-refractivity contribution in [2.45, 2.75) is 40.5 Å². The van der Waals surface area contributed by atoms with Crippen LogP contribution in [-0.2, 0) is 5.92 Å². The van der Waals surface area contributed by atoms with Crippen molar-refractivity contribution < 1.29 is 8.78 Å². The van der Waals surface area contributed by atoms with E-state index in [4.69, 9.17) is 11.1 Å². The number of hydrogen-bond donors (Lipinski definition) is 2. The molecular formula is C13H20F2N2. The summed E-state index contributed by atoms with van der Waals surface area (Å²) in [6.07, 6.45) is 0. The number of halogens is 2. The zero-order valence-corrected chi connectivity index (χ0v) is 11.0. The molecule has 0 saturated heterocycles. The predicted molar refractivity (Wildman–Crippen MR) is 69.0 cm³/mol. The molecule has 1 aromatic carbocycles. The van der Waals surface area contributed by atoms with Crippen LogP contribution < -0.4 is 5.73 Å². The minimum atomic E-state index is -2.97. The fourth-order valence-electron chi connectivity index (χ4n) is 1.58. The highest BCUT2D eigenvalue weighted by Gasteiger charge is 2.29. The second-order valence-corrected chi connectivity index (χ2v) is 3.79. The molecule has 0 bridgehead atoms. The van der Waals surface area contributed by atoms with Crippen molar-refractivity contribution in [2.24, 2.45) is 0 Å². The van der Waals surface area contributed by atoms with E-state index in [9.17, 15) is 8.78 Å². The third-order valence-corrected chi connectivity index (χ3v) is 2.16. The Morgan fingerprint density at radius 3 is 2.12 bits per heavy atom. The number of anilines is 1. The Hall–Kier alpha value is -1.45. The van der Waals surface area contributed by atoms with Gasteiger partial charge < -0.3 is 11.1 Å². The first-order valence-electron chi connectivity index (χ1n) is 5.57. The molecule has 1 rings (SSSR count). The SMILES string of the molecule is CC.CC(=N)c1c(N)cc(C)cc1C(C)(F)F. The van der Waals surface area contributed by atoms with Crippen LogP contribution in [0.1, 0.15) is 44.4 Å². The Kier molecular flexibility index (Phi) is 5.26. The van der Waals surface area contributed by atoms with Crippen molar-refractivity contribution in [3.63, 3.8) is 0 Å². The zero-order chi connectivity index (χ0) is 13.8. The summed E-state index contributed by atoms with van der Waals surface area (Å²) in [6.45, 7) is 7.97. The van der Waals surface area contributed by atoms with Gasteiger partial charge in [0.15, 0.2) is 0 Å². The fourth-order valence-corrected chi connectivity index (χ4v) is 1.58. The van der Waals surface area contributed by atoms with Gasteiger partial charge in [0, 0.05) is 29.4 Å². The maximum absolute atomic E-state index is 13.3. The standard InChI is InChI=1S/C11H14F2N2.C2H6/c1-6-4-8(11(3,12)13)10(7(2)14)9(15)5-6;1-2/h4-5,14H,15H2,1-3H3;1-2H3. The first kappa shape index (κ1) is 15.6. The topological polar surface area (TPSA) is 49.9 Å². The van der Waals surface area contributed by atoms with Crippen LogP contribution in [-0.4, -0.2) is 5.71 Å². The summed E-state index contributed by atoms with van der Waals surface area (Å²) in [5.74, 6) is -2.97. The molecule has 0 aliphatic carbocycles. The van der Waals surface area contributed by atoms with Crippen LogP contribution in [0.3, 0.4) is 0 Å². The maximum Gasteiger partial charge on any atom is 0.271 e. The normalized spacial score (nSPS) is 10.5. The number of rotatable bonds is 2. The number of nitrogens with one attached hydrogen (secondary N) is 1. The van der Waals surface area contributed by atoms with Gasteiger partial charge in [-0.2, -0.15) is 0 Å². The number of nitrogen functional groups attached to an aromatic ring is 1. The van der Waals surface area contributed by atoms with Crippen LogP contribution in [0.2, 0.25) is 0 Å². The Balaban J connectivity index is 0.00000121. The Bertz CT molecular complexity index is 407. The molecule has 0 amide bonds. The molecule has 0 aliphatic rings. The lowest BCUT2D eigenvalue weighted by molar-refractivity contribution is 0.0173. The summed E-state index contributed by atoms with van der Waals surface area (Å²) in [5.41, 5.74) is 6.59. The average Bonchev–Trinajstić information content (AvgIpc) is 2.17. The highest BCUT2D eigenvalue weighted by atomic mass is 19.3. The van der Waals surface area contributed by atoms with Gasteiger partial charge >= 0.3 is 0 Å². The molecule has 0 spiro atoms. The molecule has 0 saturated carbocycles. The van der Waals surface area contributed by atoms with Crippen LogP contribution in [0.5, 0.6) is 0 Å². The Morgan fingerprint density at radius 1 is 1.29 bits per heavy atom. The van der Waals surface area contributed by atoms with E-state index in [0.717, 1.165) is 6.92 Å². The lowest BCUT2D eigenvalue weighted by Crippen LogP contribution is -2.15. The molecule has 0 unspecified atom stereocenters. The van der Waals surface area contributed by atoms with Crippen molar-refractivity contribution in [3.8, 4) is 0 Å². The van der Waals surface area contributed by atoms with Crippen molar-refractivity contribution >= 4 is 11.4 Å². The van der Waals surface area contributed by atoms with Crippen molar-refractivity contribution in [1.29, 1.82) is 5.41 Å². The monoisotopic (exact) mass is 242 g/mol. The van der Waals surface area contributed by atoms with Gasteiger partial charge in [-0.3, -0.25) is 0 Å². The summed E-state index contributed by atoms with van der Waals surface area (Å²) >= 11 is 0. The zero-order valence-electron chi connectivity index (χ0n) is 11.0. The average molecular weight is 242 g/mol. The molecular weight excluding hydrogens is 222 g/mol. The first-order chi connectivity index (χ1) is 7.73. The highest BCUT2D eigenvalue weighted by Crippen LogP contribution is 2.33. The van der Waals surface area contributed by atoms with Gasteiger partial charge in [0.2, 0.25) is 0 Å². The van der Waals surface area contributed by atoms with Crippen molar-refractivity contribution in [3.05, 3.63) is 28.8 Å². The van der Waals surface area contributed by atoms with Gasteiger partial charge in [0.05, 0.1) is 0 Å². The largest absolute Gasteiger partial charge is 0.398 e. The van der Waals surface area contributed by atoms with E-state index in [1.54, 1.807) is 13.0 Å². The second-order valence-electron chi connectivity index (χ2n) is 3.79. The molecule has 96 valence electrons. The summed E-state index contributed by atoms with van der Waals surface area (Å²) in [6, 6.07) is 2.98. The smallest absolute Gasteiger partial charge is 0.271 e. The summed E-state index contributed by atoms with van der Waals surface area (Å²) in [7, 11) is 0. The van der Waals surface area contributed by atoms with Gasteiger partial charge in [-0.25, -0.2) is 8.78 Å². The predicted octanol–water partition coefficient (Wildman–Crippen LogP) is 4.10. The minimum absolute atomic E-state index is 0.0593. The van der Waals surface area contributed by atoms with E-state index in [1.165, 1.54) is 13.0 Å². The summed E-state index contributed by atoms with van der Waals surface area (Å²) in [4.78, 5) is 0. The van der Waals surface area contributed by atoms with E-state index in [-0.39, 0.29) is 22.5 Å². The molecule has 2 nitrogen and oxygen atoms in total. The second kappa shape index (κ2) is 5.75. The molecule has 0 fully saturated rings. The molecule has 0 atom stereocenters. The number of nitrogens with two attached hydrogens (primary N) is 1. The minimum Gasteiger partial charge on any atom is -0.398 e. The van der Waals surface area contributed by atoms with Gasteiger partial charge in [-0.1, -0.05) is 13.8 Å². The third-order valence-electron chi connectivity index (χ3n) is 2.16. The molecule has 0 aromatic heterocycles. The molecule has 0 radical (unpaired) electrons. The molecule has 4 heteroatoms. The number of benzene rings is 1. The van der Waals surface area contributed by atoms with Gasteiger partial charge in [-0.05, 0) is 31.5 Å².